The van der Waals surface area contributed by atoms with Gasteiger partial charge in [-0.25, -0.2) is 0 Å². The molecule has 0 aromatic carbocycles. The number of rotatable bonds is 1. The molecule has 0 spiro atoms. The predicted octanol–water partition coefficient (Wildman–Crippen LogP) is 0.802. The highest BCUT2D eigenvalue weighted by Gasteiger charge is 2.44. The quantitative estimate of drug-likeness (QED) is 0.322. The molecule has 96 valence electrons. The molecule has 0 aliphatic carbocycles. The minimum Gasteiger partial charge on any atom is -0.352 e. The molecule has 0 radical (unpaired) electrons. The largest absolute Gasteiger partial charge is 0.352 e. The number of hydrogen-bond acceptors (Lipinski definition) is 5. The maximum atomic E-state index is 11.5. The van der Waals surface area contributed by atoms with Crippen molar-refractivity contribution in [2.24, 2.45) is 5.11 Å². The summed E-state index contributed by atoms with van der Waals surface area (Å²) in [7, 11) is 0. The van der Waals surface area contributed by atoms with E-state index < -0.39 is 6.35 Å². The molecule has 2 unspecified atom stereocenters. The van der Waals surface area contributed by atoms with Crippen LogP contribution in [0.4, 0.5) is 0 Å². The second-order valence-electron chi connectivity index (χ2n) is 4.22. The molecule has 8 nitrogen and oxygen atoms in total. The van der Waals surface area contributed by atoms with E-state index in [1.54, 1.807) is 6.20 Å². The first-order valence-electron chi connectivity index (χ1n) is 5.46. The maximum absolute atomic E-state index is 11.5. The van der Waals surface area contributed by atoms with E-state index >= 15 is 0 Å². The highest BCUT2D eigenvalue weighted by Crippen LogP contribution is 2.33. The average molecular weight is 363 g/mol. The van der Waals surface area contributed by atoms with Crippen LogP contribution in [0.15, 0.2) is 14.9 Å². The summed E-state index contributed by atoms with van der Waals surface area (Å²) >= 11 is 1.96. The second kappa shape index (κ2) is 4.57. The molecule has 1 amide bonds. The summed E-state index contributed by atoms with van der Waals surface area (Å²) < 4.78 is 11.9. The fourth-order valence-corrected chi connectivity index (χ4v) is 2.77. The average Bonchev–Trinajstić information content (AvgIpc) is 2.65. The van der Waals surface area contributed by atoms with Gasteiger partial charge in [0.05, 0.1) is 22.3 Å². The number of nitrogens with zero attached hydrogens (tertiary/aromatic N) is 4. The molecule has 2 bridgehead atoms. The fraction of sp³-hybridized carbons (Fsp3) is 0.667. The van der Waals surface area contributed by atoms with E-state index in [-0.39, 0.29) is 24.3 Å². The minimum atomic E-state index is -0.502. The summed E-state index contributed by atoms with van der Waals surface area (Å²) in [6.45, 7) is 0.298. The van der Waals surface area contributed by atoms with E-state index in [4.69, 9.17) is 15.0 Å². The SMILES string of the molecule is [N-]=[N+]=NC1C[C@H]2O[C@@H]1COC1NC(=O)C(I)=CN12. The fourth-order valence-electron chi connectivity index (χ4n) is 2.30. The first-order valence-corrected chi connectivity index (χ1v) is 6.54. The third kappa shape index (κ3) is 1.92. The van der Waals surface area contributed by atoms with Gasteiger partial charge in [-0.15, -0.1) is 0 Å². The Hall–Kier alpha value is -1.03. The first-order chi connectivity index (χ1) is 8.69. The Bertz CT molecular complexity index is 463. The summed E-state index contributed by atoms with van der Waals surface area (Å²) in [5.41, 5.74) is 8.50. The third-order valence-corrected chi connectivity index (χ3v) is 3.93. The summed E-state index contributed by atoms with van der Waals surface area (Å²) in [6.07, 6.45) is 1.33. The Labute approximate surface area is 116 Å². The van der Waals surface area contributed by atoms with Crippen LogP contribution in [-0.4, -0.2) is 42.1 Å². The Morgan fingerprint density at radius 3 is 3.28 bits per heavy atom. The standard InChI is InChI=1S/C9H10IN5O3/c10-4-2-15-7-1-5(13-14-11)6(18-7)3-17-9(15)12-8(4)16/h2,5-7,9H,1,3H2,(H,12,16)/t5?,6-,7-,9?/m1/s1. The van der Waals surface area contributed by atoms with Gasteiger partial charge in [0.25, 0.3) is 5.91 Å². The van der Waals surface area contributed by atoms with Crippen molar-refractivity contribution in [3.63, 3.8) is 0 Å². The van der Waals surface area contributed by atoms with Crippen molar-refractivity contribution in [3.05, 3.63) is 20.2 Å². The highest BCUT2D eigenvalue weighted by molar-refractivity contribution is 14.1. The van der Waals surface area contributed by atoms with E-state index in [1.807, 2.05) is 27.5 Å². The summed E-state index contributed by atoms with van der Waals surface area (Å²) in [5.74, 6) is -0.152. The van der Waals surface area contributed by atoms with Gasteiger partial charge in [0.1, 0.15) is 6.23 Å². The molecule has 3 aliphatic heterocycles. The Morgan fingerprint density at radius 2 is 2.50 bits per heavy atom. The Balaban J connectivity index is 1.87. The number of fused-ring (bicyclic) bond motifs is 4. The molecular formula is C9H10IN5O3. The van der Waals surface area contributed by atoms with Crippen LogP contribution in [0.3, 0.4) is 0 Å². The van der Waals surface area contributed by atoms with Crippen molar-refractivity contribution in [2.45, 2.75) is 31.1 Å². The monoisotopic (exact) mass is 363 g/mol. The smallest absolute Gasteiger partial charge is 0.262 e. The molecule has 0 aromatic heterocycles. The third-order valence-electron chi connectivity index (χ3n) is 3.16. The van der Waals surface area contributed by atoms with Crippen molar-refractivity contribution in [2.75, 3.05) is 6.61 Å². The molecule has 2 fully saturated rings. The van der Waals surface area contributed by atoms with Crippen LogP contribution >= 0.6 is 22.6 Å². The van der Waals surface area contributed by atoms with Crippen LogP contribution in [0.25, 0.3) is 10.4 Å². The van der Waals surface area contributed by atoms with E-state index in [2.05, 4.69) is 15.3 Å². The summed E-state index contributed by atoms with van der Waals surface area (Å²) in [6, 6.07) is -0.218. The lowest BCUT2D eigenvalue weighted by Crippen LogP contribution is -2.54. The number of hydrogen-bond donors (Lipinski definition) is 1. The molecule has 3 aliphatic rings. The molecule has 1 N–H and O–H groups in total. The molecule has 18 heavy (non-hydrogen) atoms. The lowest BCUT2D eigenvalue weighted by molar-refractivity contribution is -0.133. The van der Waals surface area contributed by atoms with Crippen LogP contribution in [0.5, 0.6) is 0 Å². The van der Waals surface area contributed by atoms with Gasteiger partial charge < -0.3 is 19.7 Å². The first kappa shape index (κ1) is 12.0. The van der Waals surface area contributed by atoms with Crippen molar-refractivity contribution < 1.29 is 14.3 Å². The van der Waals surface area contributed by atoms with Gasteiger partial charge in [-0.2, -0.15) is 0 Å². The molecule has 2 saturated heterocycles. The van der Waals surface area contributed by atoms with Crippen LogP contribution in [0.1, 0.15) is 6.42 Å². The summed E-state index contributed by atoms with van der Waals surface area (Å²) in [5, 5.41) is 6.46. The molecule has 9 heteroatoms. The van der Waals surface area contributed by atoms with Crippen LogP contribution in [0, 0.1) is 0 Å². The van der Waals surface area contributed by atoms with Crippen LogP contribution < -0.4 is 5.32 Å². The predicted molar refractivity (Wildman–Crippen MR) is 68.0 cm³/mol. The normalized spacial score (nSPS) is 38.2. The van der Waals surface area contributed by atoms with E-state index in [0.717, 1.165) is 0 Å². The van der Waals surface area contributed by atoms with Gasteiger partial charge in [-0.1, -0.05) is 5.11 Å². The van der Waals surface area contributed by atoms with E-state index in [9.17, 15) is 4.79 Å². The second-order valence-corrected chi connectivity index (χ2v) is 5.38. The van der Waals surface area contributed by atoms with E-state index in [0.29, 0.717) is 16.6 Å². The molecule has 3 rings (SSSR count). The number of carbonyl (C=O) groups excluding carboxylic acids is 1. The minimum absolute atomic E-state index is 0.152. The topological polar surface area (TPSA) is 99.6 Å². The van der Waals surface area contributed by atoms with E-state index in [1.165, 1.54) is 0 Å². The van der Waals surface area contributed by atoms with Crippen molar-refractivity contribution in [3.8, 4) is 0 Å². The molecule has 4 atom stereocenters. The van der Waals surface area contributed by atoms with Gasteiger partial charge in [-0.05, 0) is 28.1 Å². The number of carbonyl (C=O) groups is 1. The lowest BCUT2D eigenvalue weighted by atomic mass is 10.1. The van der Waals surface area contributed by atoms with Crippen molar-refractivity contribution >= 4 is 28.5 Å². The van der Waals surface area contributed by atoms with Crippen molar-refractivity contribution in [1.82, 2.24) is 10.2 Å². The van der Waals surface area contributed by atoms with Gasteiger partial charge in [0, 0.05) is 17.5 Å². The Morgan fingerprint density at radius 1 is 1.67 bits per heavy atom. The zero-order valence-electron chi connectivity index (χ0n) is 9.19. The zero-order chi connectivity index (χ0) is 12.7. The molecule has 0 saturated carbocycles. The van der Waals surface area contributed by atoms with Crippen LogP contribution in [-0.2, 0) is 14.3 Å². The number of nitrogens with one attached hydrogen (secondary N) is 1. The molecular weight excluding hydrogens is 353 g/mol. The van der Waals surface area contributed by atoms with Gasteiger partial charge in [0.2, 0.25) is 6.35 Å². The van der Waals surface area contributed by atoms with Crippen molar-refractivity contribution in [1.29, 1.82) is 0 Å². The molecule has 0 aromatic rings. The van der Waals surface area contributed by atoms with Gasteiger partial charge in [0.15, 0.2) is 0 Å². The maximum Gasteiger partial charge on any atom is 0.262 e. The summed E-state index contributed by atoms with van der Waals surface area (Å²) in [4.78, 5) is 16.2. The van der Waals surface area contributed by atoms with Crippen LogP contribution in [0.2, 0.25) is 0 Å². The number of azide groups is 1. The molecule has 3 heterocycles. The number of amides is 1. The highest BCUT2D eigenvalue weighted by atomic mass is 127. The number of ether oxygens (including phenoxy) is 2. The van der Waals surface area contributed by atoms with Gasteiger partial charge in [-0.3, -0.25) is 4.79 Å². The van der Waals surface area contributed by atoms with Gasteiger partial charge >= 0.3 is 0 Å². The number of halogens is 1. The lowest BCUT2D eigenvalue weighted by Gasteiger charge is -2.36. The Kier molecular flexibility index (Phi) is 3.06. The zero-order valence-corrected chi connectivity index (χ0v) is 11.4.